The molecule has 3 aromatic rings. The first-order valence-corrected chi connectivity index (χ1v) is 8.47. The molecule has 8 heteroatoms. The highest BCUT2D eigenvalue weighted by molar-refractivity contribution is 5.86. The van der Waals surface area contributed by atoms with Gasteiger partial charge in [0.25, 0.3) is 0 Å². The van der Waals surface area contributed by atoms with Crippen molar-refractivity contribution in [1.82, 2.24) is 34.7 Å². The van der Waals surface area contributed by atoms with E-state index in [-0.39, 0.29) is 0 Å². The Morgan fingerprint density at radius 2 is 2.21 bits per heavy atom. The largest absolute Gasteiger partial charge is 0.383 e. The summed E-state index contributed by atoms with van der Waals surface area (Å²) >= 11 is 0. The van der Waals surface area contributed by atoms with Crippen LogP contribution >= 0.6 is 0 Å². The number of imidazole rings is 1. The monoisotopic (exact) mass is 326 g/mol. The Bertz CT molecular complexity index is 864. The van der Waals surface area contributed by atoms with E-state index in [1.54, 1.807) is 7.05 Å². The molecule has 1 aliphatic carbocycles. The van der Waals surface area contributed by atoms with Crippen molar-refractivity contribution in [2.24, 2.45) is 7.05 Å². The summed E-state index contributed by atoms with van der Waals surface area (Å²) in [6, 6.07) is 2.44. The average molecular weight is 326 g/mol. The smallest absolute Gasteiger partial charge is 0.177 e. The van der Waals surface area contributed by atoms with Gasteiger partial charge in [0, 0.05) is 24.2 Å². The average Bonchev–Trinajstić information content (AvgIpc) is 3.25. The molecule has 0 bridgehead atoms. The predicted molar refractivity (Wildman–Crippen MR) is 90.9 cm³/mol. The van der Waals surface area contributed by atoms with Crippen molar-refractivity contribution in [3.8, 4) is 0 Å². The molecule has 0 saturated heterocycles. The summed E-state index contributed by atoms with van der Waals surface area (Å²) in [6.07, 6.45) is 5.08. The van der Waals surface area contributed by atoms with Crippen molar-refractivity contribution in [2.45, 2.75) is 45.1 Å². The van der Waals surface area contributed by atoms with Crippen LogP contribution in [0, 0.1) is 6.92 Å². The quantitative estimate of drug-likeness (QED) is 0.791. The summed E-state index contributed by atoms with van der Waals surface area (Å²) in [5.74, 6) is 1.21. The molecule has 2 atom stereocenters. The molecule has 3 aromatic heterocycles. The lowest BCUT2D eigenvalue weighted by atomic mass is 10.1. The Kier molecular flexibility index (Phi) is 3.66. The maximum Gasteiger partial charge on any atom is 0.177 e. The fourth-order valence-corrected chi connectivity index (χ4v) is 3.63. The SMILES string of the molecule is CCNc1cc(C)nc2c1ncn2C1CC[C@@H](c2nnn(C)n2)C1. The van der Waals surface area contributed by atoms with Gasteiger partial charge in [-0.05, 0) is 44.4 Å². The number of tetrazole rings is 1. The van der Waals surface area contributed by atoms with Crippen LogP contribution in [0.25, 0.3) is 11.2 Å². The van der Waals surface area contributed by atoms with E-state index < -0.39 is 0 Å². The number of nitrogens with zero attached hydrogens (tertiary/aromatic N) is 7. The Hall–Kier alpha value is -2.51. The molecule has 1 saturated carbocycles. The number of anilines is 1. The van der Waals surface area contributed by atoms with Gasteiger partial charge >= 0.3 is 0 Å². The third-order valence-electron chi connectivity index (χ3n) is 4.71. The minimum absolute atomic E-state index is 0.360. The molecule has 1 aliphatic rings. The van der Waals surface area contributed by atoms with Crippen LogP contribution < -0.4 is 5.32 Å². The van der Waals surface area contributed by atoms with Crippen molar-refractivity contribution in [3.05, 3.63) is 23.9 Å². The van der Waals surface area contributed by atoms with Crippen LogP contribution in [0.15, 0.2) is 12.4 Å². The zero-order valence-corrected chi connectivity index (χ0v) is 14.3. The molecule has 3 heterocycles. The van der Waals surface area contributed by atoms with Gasteiger partial charge in [-0.1, -0.05) is 0 Å². The summed E-state index contributed by atoms with van der Waals surface area (Å²) < 4.78 is 2.22. The number of aromatic nitrogens is 7. The molecule has 8 nitrogen and oxygen atoms in total. The lowest BCUT2D eigenvalue weighted by Crippen LogP contribution is -2.07. The Morgan fingerprint density at radius 3 is 2.96 bits per heavy atom. The standard InChI is InChI=1S/C16H22N8/c1-4-17-13-7-10(2)19-16-14(13)18-9-24(16)12-6-5-11(8-12)15-20-22-23(3)21-15/h7,9,11-12H,4-6,8H2,1-3H3,(H,17,19)/t11-,12?/m1/s1. The Balaban J connectivity index is 1.65. The number of fused-ring (bicyclic) bond motifs is 1. The van der Waals surface area contributed by atoms with E-state index in [1.165, 1.54) is 4.80 Å². The second-order valence-electron chi connectivity index (χ2n) is 6.47. The normalized spacial score (nSPS) is 20.8. The second-order valence-corrected chi connectivity index (χ2v) is 6.47. The molecule has 24 heavy (non-hydrogen) atoms. The molecule has 1 N–H and O–H groups in total. The van der Waals surface area contributed by atoms with Crippen LogP contribution in [0.2, 0.25) is 0 Å². The molecule has 4 rings (SSSR count). The van der Waals surface area contributed by atoms with E-state index >= 15 is 0 Å². The highest BCUT2D eigenvalue weighted by atomic mass is 15.6. The first kappa shape index (κ1) is 15.0. The molecule has 0 aromatic carbocycles. The van der Waals surface area contributed by atoms with Crippen LogP contribution in [0.3, 0.4) is 0 Å². The first-order valence-electron chi connectivity index (χ1n) is 8.47. The van der Waals surface area contributed by atoms with Gasteiger partial charge < -0.3 is 9.88 Å². The summed E-state index contributed by atoms with van der Waals surface area (Å²) in [5, 5.41) is 15.9. The van der Waals surface area contributed by atoms with Crippen LogP contribution in [0.5, 0.6) is 0 Å². The van der Waals surface area contributed by atoms with E-state index in [4.69, 9.17) is 4.98 Å². The maximum atomic E-state index is 4.74. The number of nitrogens with one attached hydrogen (secondary N) is 1. The third-order valence-corrected chi connectivity index (χ3v) is 4.71. The molecule has 1 unspecified atom stereocenters. The summed E-state index contributed by atoms with van der Waals surface area (Å²) in [6.45, 7) is 4.99. The molecule has 0 radical (unpaired) electrons. The Labute approximate surface area is 140 Å². The van der Waals surface area contributed by atoms with Gasteiger partial charge in [-0.15, -0.1) is 10.2 Å². The van der Waals surface area contributed by atoms with Crippen LogP contribution in [-0.4, -0.2) is 41.3 Å². The van der Waals surface area contributed by atoms with Crippen LogP contribution in [0.4, 0.5) is 5.69 Å². The molecule has 0 aliphatic heterocycles. The second kappa shape index (κ2) is 5.85. The van der Waals surface area contributed by atoms with Gasteiger partial charge in [0.15, 0.2) is 11.5 Å². The van der Waals surface area contributed by atoms with Crippen LogP contribution in [-0.2, 0) is 7.05 Å². The van der Waals surface area contributed by atoms with Crippen molar-refractivity contribution in [2.75, 3.05) is 11.9 Å². The fraction of sp³-hybridized carbons (Fsp3) is 0.562. The third kappa shape index (κ3) is 2.51. The molecule has 1 fully saturated rings. The van der Waals surface area contributed by atoms with Gasteiger partial charge in [0.1, 0.15) is 5.52 Å². The molecule has 126 valence electrons. The van der Waals surface area contributed by atoms with Crippen molar-refractivity contribution < 1.29 is 0 Å². The van der Waals surface area contributed by atoms with Crippen LogP contribution in [0.1, 0.15) is 49.7 Å². The highest BCUT2D eigenvalue weighted by Crippen LogP contribution is 2.40. The summed E-state index contributed by atoms with van der Waals surface area (Å²) in [4.78, 5) is 10.9. The molecule has 0 spiro atoms. The lowest BCUT2D eigenvalue weighted by Gasteiger charge is -2.13. The number of hydrogen-bond donors (Lipinski definition) is 1. The number of aryl methyl sites for hydroxylation is 2. The van der Waals surface area contributed by atoms with Gasteiger partial charge in [0.05, 0.1) is 19.1 Å². The number of pyridine rings is 1. The Morgan fingerprint density at radius 1 is 1.33 bits per heavy atom. The van der Waals surface area contributed by atoms with E-state index in [0.717, 1.165) is 54.2 Å². The van der Waals surface area contributed by atoms with Gasteiger partial charge in [-0.2, -0.15) is 4.80 Å². The highest BCUT2D eigenvalue weighted by Gasteiger charge is 2.31. The van der Waals surface area contributed by atoms with Gasteiger partial charge in [0.2, 0.25) is 0 Å². The van der Waals surface area contributed by atoms with Crippen molar-refractivity contribution in [1.29, 1.82) is 0 Å². The maximum absolute atomic E-state index is 4.74. The summed E-state index contributed by atoms with van der Waals surface area (Å²) in [7, 11) is 1.81. The lowest BCUT2D eigenvalue weighted by molar-refractivity contribution is 0.515. The van der Waals surface area contributed by atoms with Crippen molar-refractivity contribution >= 4 is 16.9 Å². The molecular weight excluding hydrogens is 304 g/mol. The zero-order valence-electron chi connectivity index (χ0n) is 14.3. The molecule has 0 amide bonds. The predicted octanol–water partition coefficient (Wildman–Crippen LogP) is 2.20. The topological polar surface area (TPSA) is 86.3 Å². The van der Waals surface area contributed by atoms with E-state index in [0.29, 0.717) is 12.0 Å². The minimum atomic E-state index is 0.360. The fourth-order valence-electron chi connectivity index (χ4n) is 3.63. The number of rotatable bonds is 4. The first-order chi connectivity index (χ1) is 11.7. The van der Waals surface area contributed by atoms with E-state index in [2.05, 4.69) is 43.3 Å². The summed E-state index contributed by atoms with van der Waals surface area (Å²) in [5.41, 5.74) is 3.97. The van der Waals surface area contributed by atoms with Gasteiger partial charge in [-0.25, -0.2) is 9.97 Å². The minimum Gasteiger partial charge on any atom is -0.383 e. The number of hydrogen-bond acceptors (Lipinski definition) is 6. The van der Waals surface area contributed by atoms with E-state index in [9.17, 15) is 0 Å². The van der Waals surface area contributed by atoms with Gasteiger partial charge in [-0.3, -0.25) is 0 Å². The van der Waals surface area contributed by atoms with Crippen molar-refractivity contribution in [3.63, 3.8) is 0 Å². The molecular formula is C16H22N8. The van der Waals surface area contributed by atoms with E-state index in [1.807, 2.05) is 13.3 Å². The zero-order chi connectivity index (χ0) is 16.7.